The maximum Gasteiger partial charge on any atom is 0.165 e. The molecule has 1 saturated heterocycles. The largest absolute Gasteiger partial charge is 0.487 e. The van der Waals surface area contributed by atoms with Crippen LogP contribution in [0, 0.1) is 5.82 Å². The first-order valence-electron chi connectivity index (χ1n) is 7.08. The fourth-order valence-corrected chi connectivity index (χ4v) is 2.71. The van der Waals surface area contributed by atoms with Gasteiger partial charge in [0.1, 0.15) is 6.10 Å². The van der Waals surface area contributed by atoms with Crippen molar-refractivity contribution in [1.29, 1.82) is 0 Å². The molecule has 0 amide bonds. The van der Waals surface area contributed by atoms with Crippen molar-refractivity contribution in [3.8, 4) is 5.75 Å². The van der Waals surface area contributed by atoms with Crippen molar-refractivity contribution in [2.24, 2.45) is 0 Å². The predicted octanol–water partition coefficient (Wildman–Crippen LogP) is 4.28. The van der Waals surface area contributed by atoms with Crippen LogP contribution in [0.25, 0.3) is 0 Å². The first kappa shape index (κ1) is 14.3. The Morgan fingerprint density at radius 3 is 2.42 bits per heavy atom. The van der Waals surface area contributed by atoms with Crippen LogP contribution in [0.15, 0.2) is 18.2 Å². The molecule has 2 atom stereocenters. The molecule has 1 heterocycles. The van der Waals surface area contributed by atoms with Crippen LogP contribution in [0.2, 0.25) is 0 Å². The van der Waals surface area contributed by atoms with E-state index in [1.807, 2.05) is 19.9 Å². The molecule has 0 spiro atoms. The lowest BCUT2D eigenvalue weighted by Gasteiger charge is -2.33. The van der Waals surface area contributed by atoms with E-state index < -0.39 is 0 Å². The van der Waals surface area contributed by atoms with Gasteiger partial charge in [-0.05, 0) is 31.4 Å². The molecule has 19 heavy (non-hydrogen) atoms. The summed E-state index contributed by atoms with van der Waals surface area (Å²) < 4.78 is 25.7. The van der Waals surface area contributed by atoms with E-state index in [4.69, 9.17) is 9.47 Å². The van der Waals surface area contributed by atoms with Gasteiger partial charge in [0.25, 0.3) is 0 Å². The van der Waals surface area contributed by atoms with Gasteiger partial charge in [-0.2, -0.15) is 0 Å². The monoisotopic (exact) mass is 266 g/mol. The molecule has 1 aromatic carbocycles. The molecule has 2 nitrogen and oxygen atoms in total. The molecule has 1 aromatic rings. The van der Waals surface area contributed by atoms with Gasteiger partial charge in [-0.25, -0.2) is 4.39 Å². The van der Waals surface area contributed by atoms with Gasteiger partial charge >= 0.3 is 0 Å². The van der Waals surface area contributed by atoms with Crippen LogP contribution in [0.1, 0.15) is 52.0 Å². The smallest absolute Gasteiger partial charge is 0.165 e. The molecule has 0 radical (unpaired) electrons. The molecule has 2 rings (SSSR count). The molecule has 0 aromatic heterocycles. The summed E-state index contributed by atoms with van der Waals surface area (Å²) in [6, 6.07) is 5.15. The lowest BCUT2D eigenvalue weighted by molar-refractivity contribution is -0.0729. The zero-order valence-electron chi connectivity index (χ0n) is 12.2. The lowest BCUT2D eigenvalue weighted by atomic mass is 10.00. The standard InChI is InChI=1S/C16H23FO2/c1-10(2)14-6-5-7-15(17)16(14)19-13-8-11(3)18-12(4)9-13/h5-7,10-13H,8-9H2,1-4H3. The maximum absolute atomic E-state index is 14.0. The molecule has 106 valence electrons. The third-order valence-electron chi connectivity index (χ3n) is 3.56. The van der Waals surface area contributed by atoms with E-state index in [9.17, 15) is 4.39 Å². The van der Waals surface area contributed by atoms with Gasteiger partial charge < -0.3 is 9.47 Å². The average molecular weight is 266 g/mol. The number of benzene rings is 1. The van der Waals surface area contributed by atoms with Crippen molar-refractivity contribution in [2.45, 2.75) is 64.8 Å². The molecule has 3 heteroatoms. The third kappa shape index (κ3) is 3.47. The van der Waals surface area contributed by atoms with Gasteiger partial charge in [-0.3, -0.25) is 0 Å². The Hall–Kier alpha value is -1.09. The zero-order valence-corrected chi connectivity index (χ0v) is 12.2. The van der Waals surface area contributed by atoms with Crippen molar-refractivity contribution in [2.75, 3.05) is 0 Å². The van der Waals surface area contributed by atoms with Crippen LogP contribution >= 0.6 is 0 Å². The Morgan fingerprint density at radius 1 is 1.21 bits per heavy atom. The first-order chi connectivity index (χ1) is 8.97. The van der Waals surface area contributed by atoms with Gasteiger partial charge in [-0.15, -0.1) is 0 Å². The van der Waals surface area contributed by atoms with E-state index in [1.54, 1.807) is 6.07 Å². The van der Waals surface area contributed by atoms with Gasteiger partial charge in [0.05, 0.1) is 12.2 Å². The minimum absolute atomic E-state index is 0.0353. The number of ether oxygens (including phenoxy) is 2. The van der Waals surface area contributed by atoms with E-state index in [2.05, 4.69) is 13.8 Å². The van der Waals surface area contributed by atoms with E-state index in [-0.39, 0.29) is 30.0 Å². The second-order valence-corrected chi connectivity index (χ2v) is 5.78. The predicted molar refractivity (Wildman–Crippen MR) is 74.1 cm³/mol. The Labute approximate surface area is 114 Å². The van der Waals surface area contributed by atoms with Gasteiger partial charge in [0.2, 0.25) is 0 Å². The second kappa shape index (κ2) is 5.91. The van der Waals surface area contributed by atoms with Gasteiger partial charge in [0.15, 0.2) is 11.6 Å². The summed E-state index contributed by atoms with van der Waals surface area (Å²) in [5, 5.41) is 0. The van der Waals surface area contributed by atoms with Crippen LogP contribution in [-0.4, -0.2) is 18.3 Å². The van der Waals surface area contributed by atoms with Gasteiger partial charge in [0, 0.05) is 12.8 Å². The molecular formula is C16H23FO2. The first-order valence-corrected chi connectivity index (χ1v) is 7.08. The summed E-state index contributed by atoms with van der Waals surface area (Å²) >= 11 is 0. The quantitative estimate of drug-likeness (QED) is 0.812. The highest BCUT2D eigenvalue weighted by Gasteiger charge is 2.27. The molecular weight excluding hydrogens is 243 g/mol. The number of hydrogen-bond donors (Lipinski definition) is 0. The highest BCUT2D eigenvalue weighted by molar-refractivity contribution is 5.37. The van der Waals surface area contributed by atoms with Crippen molar-refractivity contribution < 1.29 is 13.9 Å². The normalized spacial score (nSPS) is 27.6. The zero-order chi connectivity index (χ0) is 14.0. The Bertz CT molecular complexity index is 421. The number of hydrogen-bond acceptors (Lipinski definition) is 2. The minimum Gasteiger partial charge on any atom is -0.487 e. The summed E-state index contributed by atoms with van der Waals surface area (Å²) in [7, 11) is 0. The molecule has 0 N–H and O–H groups in total. The minimum atomic E-state index is -0.266. The van der Waals surface area contributed by atoms with Crippen LogP contribution < -0.4 is 4.74 Å². The van der Waals surface area contributed by atoms with E-state index in [1.165, 1.54) is 6.07 Å². The van der Waals surface area contributed by atoms with Crippen molar-refractivity contribution in [1.82, 2.24) is 0 Å². The highest BCUT2D eigenvalue weighted by atomic mass is 19.1. The number of rotatable bonds is 3. The second-order valence-electron chi connectivity index (χ2n) is 5.78. The van der Waals surface area contributed by atoms with Crippen LogP contribution in [-0.2, 0) is 4.74 Å². The molecule has 1 aliphatic heterocycles. The third-order valence-corrected chi connectivity index (χ3v) is 3.56. The van der Waals surface area contributed by atoms with Crippen molar-refractivity contribution >= 4 is 0 Å². The average Bonchev–Trinajstić information content (AvgIpc) is 2.30. The summed E-state index contributed by atoms with van der Waals surface area (Å²) in [4.78, 5) is 0. The van der Waals surface area contributed by atoms with Crippen LogP contribution in [0.3, 0.4) is 0 Å². The number of para-hydroxylation sites is 1. The topological polar surface area (TPSA) is 18.5 Å². The van der Waals surface area contributed by atoms with Crippen LogP contribution in [0.4, 0.5) is 4.39 Å². The lowest BCUT2D eigenvalue weighted by Crippen LogP contribution is -2.36. The molecule has 2 unspecified atom stereocenters. The van der Waals surface area contributed by atoms with E-state index in [0.717, 1.165) is 18.4 Å². The van der Waals surface area contributed by atoms with Crippen molar-refractivity contribution in [3.63, 3.8) is 0 Å². The Morgan fingerprint density at radius 2 is 1.84 bits per heavy atom. The Kier molecular flexibility index (Phi) is 4.46. The fraction of sp³-hybridized carbons (Fsp3) is 0.625. The summed E-state index contributed by atoms with van der Waals surface area (Å²) in [6.07, 6.45) is 2.01. The van der Waals surface area contributed by atoms with Crippen molar-refractivity contribution in [3.05, 3.63) is 29.6 Å². The highest BCUT2D eigenvalue weighted by Crippen LogP contribution is 2.32. The molecule has 0 bridgehead atoms. The Balaban J connectivity index is 2.18. The molecule has 0 saturated carbocycles. The summed E-state index contributed by atoms with van der Waals surface area (Å²) in [5.41, 5.74) is 0.937. The summed E-state index contributed by atoms with van der Waals surface area (Å²) in [6.45, 7) is 8.18. The molecule has 0 aliphatic carbocycles. The SMILES string of the molecule is CC1CC(Oc2c(F)cccc2C(C)C)CC(C)O1. The van der Waals surface area contributed by atoms with Crippen LogP contribution in [0.5, 0.6) is 5.75 Å². The van der Waals surface area contributed by atoms with E-state index >= 15 is 0 Å². The molecule has 1 aliphatic rings. The van der Waals surface area contributed by atoms with E-state index in [0.29, 0.717) is 5.75 Å². The maximum atomic E-state index is 14.0. The number of halogens is 1. The fourth-order valence-electron chi connectivity index (χ4n) is 2.71. The summed E-state index contributed by atoms with van der Waals surface area (Å²) in [5.74, 6) is 0.405. The van der Waals surface area contributed by atoms with Gasteiger partial charge in [-0.1, -0.05) is 26.0 Å². The molecule has 1 fully saturated rings.